The van der Waals surface area contributed by atoms with Gasteiger partial charge in [-0.25, -0.2) is 0 Å². The minimum atomic E-state index is -4.47. The molecular formula is C13H7F3N2O2. The van der Waals surface area contributed by atoms with Crippen LogP contribution in [0.1, 0.15) is 11.1 Å². The molecular weight excluding hydrogens is 273 g/mol. The maximum absolute atomic E-state index is 12.7. The standard InChI is InChI=1S/C13H7F3N2O2/c14-13(15,16)6-1-2-10-7(3-6)9(5-17-10)8-4-11(19)18-12(8)20/h1-5,17H,(H,18,19,20). The Morgan fingerprint density at radius 3 is 2.45 bits per heavy atom. The van der Waals surface area contributed by atoms with Gasteiger partial charge in [-0.05, 0) is 18.2 Å². The molecule has 102 valence electrons. The highest BCUT2D eigenvalue weighted by Crippen LogP contribution is 2.34. The van der Waals surface area contributed by atoms with Crippen molar-refractivity contribution in [2.24, 2.45) is 0 Å². The predicted octanol–water partition coefficient (Wildman–Crippen LogP) is 2.23. The molecule has 3 rings (SSSR count). The van der Waals surface area contributed by atoms with Crippen molar-refractivity contribution in [3.63, 3.8) is 0 Å². The van der Waals surface area contributed by atoms with Gasteiger partial charge in [-0.3, -0.25) is 14.9 Å². The molecule has 0 unspecified atom stereocenters. The Labute approximate surface area is 110 Å². The van der Waals surface area contributed by atoms with E-state index in [4.69, 9.17) is 0 Å². The summed E-state index contributed by atoms with van der Waals surface area (Å²) in [6.07, 6.45) is -1.98. The number of hydrogen-bond donors (Lipinski definition) is 2. The lowest BCUT2D eigenvalue weighted by molar-refractivity contribution is -0.137. The van der Waals surface area contributed by atoms with E-state index < -0.39 is 23.6 Å². The molecule has 4 nitrogen and oxygen atoms in total. The van der Waals surface area contributed by atoms with Crippen molar-refractivity contribution >= 4 is 28.3 Å². The number of benzene rings is 1. The molecule has 2 N–H and O–H groups in total. The molecule has 20 heavy (non-hydrogen) atoms. The summed E-state index contributed by atoms with van der Waals surface area (Å²) in [5.74, 6) is -1.19. The SMILES string of the molecule is O=C1C=C(c2c[nH]c3ccc(C(F)(F)F)cc23)C(=O)N1. The first-order valence-corrected chi connectivity index (χ1v) is 5.62. The number of aromatic nitrogens is 1. The van der Waals surface area contributed by atoms with Crippen LogP contribution in [-0.4, -0.2) is 16.8 Å². The van der Waals surface area contributed by atoms with Gasteiger partial charge in [0.1, 0.15) is 0 Å². The Balaban J connectivity index is 2.20. The molecule has 1 aromatic heterocycles. The molecule has 0 spiro atoms. The summed E-state index contributed by atoms with van der Waals surface area (Å²) in [6, 6.07) is 3.20. The molecule has 0 fully saturated rings. The van der Waals surface area contributed by atoms with Crippen molar-refractivity contribution in [3.05, 3.63) is 41.6 Å². The molecule has 1 aromatic carbocycles. The van der Waals surface area contributed by atoms with Gasteiger partial charge in [0.25, 0.3) is 11.8 Å². The molecule has 0 bridgehead atoms. The van der Waals surface area contributed by atoms with Crippen LogP contribution in [0.3, 0.4) is 0 Å². The monoisotopic (exact) mass is 280 g/mol. The second kappa shape index (κ2) is 3.96. The zero-order chi connectivity index (χ0) is 14.5. The lowest BCUT2D eigenvalue weighted by Crippen LogP contribution is -2.21. The van der Waals surface area contributed by atoms with Crippen LogP contribution >= 0.6 is 0 Å². The number of amides is 2. The summed E-state index contributed by atoms with van der Waals surface area (Å²) in [7, 11) is 0. The van der Waals surface area contributed by atoms with Crippen LogP contribution in [0.25, 0.3) is 16.5 Å². The van der Waals surface area contributed by atoms with Crippen LogP contribution in [0.4, 0.5) is 13.2 Å². The van der Waals surface area contributed by atoms with E-state index in [9.17, 15) is 22.8 Å². The first kappa shape index (κ1) is 12.5. The number of fused-ring (bicyclic) bond motifs is 1. The van der Waals surface area contributed by atoms with Crippen molar-refractivity contribution in [2.45, 2.75) is 6.18 Å². The summed E-state index contributed by atoms with van der Waals surface area (Å²) < 4.78 is 38.1. The largest absolute Gasteiger partial charge is 0.416 e. The molecule has 0 saturated heterocycles. The lowest BCUT2D eigenvalue weighted by atomic mass is 10.0. The summed E-state index contributed by atoms with van der Waals surface area (Å²) in [5, 5.41) is 2.30. The van der Waals surface area contributed by atoms with E-state index in [0.29, 0.717) is 5.52 Å². The van der Waals surface area contributed by atoms with E-state index in [1.807, 2.05) is 0 Å². The van der Waals surface area contributed by atoms with E-state index >= 15 is 0 Å². The number of rotatable bonds is 1. The number of aromatic amines is 1. The highest BCUT2D eigenvalue weighted by atomic mass is 19.4. The molecule has 1 aliphatic heterocycles. The second-order valence-electron chi connectivity index (χ2n) is 4.34. The Morgan fingerprint density at radius 2 is 1.85 bits per heavy atom. The van der Waals surface area contributed by atoms with Gasteiger partial charge < -0.3 is 4.98 Å². The van der Waals surface area contributed by atoms with Gasteiger partial charge >= 0.3 is 6.18 Å². The Morgan fingerprint density at radius 1 is 1.10 bits per heavy atom. The van der Waals surface area contributed by atoms with E-state index in [-0.39, 0.29) is 16.5 Å². The predicted molar refractivity (Wildman–Crippen MR) is 64.4 cm³/mol. The minimum absolute atomic E-state index is 0.0561. The van der Waals surface area contributed by atoms with Crippen LogP contribution in [0, 0.1) is 0 Å². The average Bonchev–Trinajstić information content (AvgIpc) is 2.90. The maximum atomic E-state index is 12.7. The third kappa shape index (κ3) is 1.87. The van der Waals surface area contributed by atoms with Crippen LogP contribution in [0.2, 0.25) is 0 Å². The van der Waals surface area contributed by atoms with Crippen molar-refractivity contribution in [2.75, 3.05) is 0 Å². The average molecular weight is 280 g/mol. The van der Waals surface area contributed by atoms with Gasteiger partial charge in [0.2, 0.25) is 0 Å². The molecule has 0 radical (unpaired) electrons. The van der Waals surface area contributed by atoms with E-state index in [1.165, 1.54) is 12.3 Å². The quantitative estimate of drug-likeness (QED) is 0.787. The topological polar surface area (TPSA) is 62.0 Å². The molecule has 0 aliphatic carbocycles. The van der Waals surface area contributed by atoms with Gasteiger partial charge in [-0.1, -0.05) is 0 Å². The number of nitrogens with one attached hydrogen (secondary N) is 2. The van der Waals surface area contributed by atoms with Crippen LogP contribution in [0.5, 0.6) is 0 Å². The van der Waals surface area contributed by atoms with Gasteiger partial charge in [-0.2, -0.15) is 13.2 Å². The summed E-state index contributed by atoms with van der Waals surface area (Å²) in [5.41, 5.74) is -0.0211. The Bertz CT molecular complexity index is 772. The van der Waals surface area contributed by atoms with Crippen molar-refractivity contribution in [1.82, 2.24) is 10.3 Å². The molecule has 1 aliphatic rings. The third-order valence-electron chi connectivity index (χ3n) is 3.06. The van der Waals surface area contributed by atoms with E-state index in [2.05, 4.69) is 10.3 Å². The number of hydrogen-bond acceptors (Lipinski definition) is 2. The van der Waals surface area contributed by atoms with Crippen LogP contribution in [0.15, 0.2) is 30.5 Å². The number of alkyl halides is 3. The smallest absolute Gasteiger partial charge is 0.361 e. The van der Waals surface area contributed by atoms with Crippen molar-refractivity contribution < 1.29 is 22.8 Å². The Kier molecular flexibility index (Phi) is 2.47. The fraction of sp³-hybridized carbons (Fsp3) is 0.0769. The number of halogens is 3. The van der Waals surface area contributed by atoms with Crippen LogP contribution < -0.4 is 5.32 Å². The molecule has 7 heteroatoms. The Hall–Kier alpha value is -2.57. The lowest BCUT2D eigenvalue weighted by Gasteiger charge is -2.07. The minimum Gasteiger partial charge on any atom is -0.361 e. The first-order chi connectivity index (χ1) is 9.36. The van der Waals surface area contributed by atoms with E-state index in [0.717, 1.165) is 18.2 Å². The summed E-state index contributed by atoms with van der Waals surface area (Å²) >= 11 is 0. The van der Waals surface area contributed by atoms with Crippen molar-refractivity contribution in [1.29, 1.82) is 0 Å². The highest BCUT2D eigenvalue weighted by Gasteiger charge is 2.31. The van der Waals surface area contributed by atoms with Gasteiger partial charge in [0, 0.05) is 28.7 Å². The molecule has 0 atom stereocenters. The zero-order valence-electron chi connectivity index (χ0n) is 9.84. The number of H-pyrrole nitrogens is 1. The van der Waals surface area contributed by atoms with Gasteiger partial charge in [0.05, 0.1) is 11.1 Å². The van der Waals surface area contributed by atoms with Crippen molar-refractivity contribution in [3.8, 4) is 0 Å². The summed E-state index contributed by atoms with van der Waals surface area (Å²) in [4.78, 5) is 25.5. The normalized spacial score (nSPS) is 15.7. The van der Waals surface area contributed by atoms with E-state index in [1.54, 1.807) is 0 Å². The van der Waals surface area contributed by atoms with Gasteiger partial charge in [-0.15, -0.1) is 0 Å². The zero-order valence-corrected chi connectivity index (χ0v) is 9.84. The summed E-state index contributed by atoms with van der Waals surface area (Å²) in [6.45, 7) is 0. The fourth-order valence-corrected chi connectivity index (χ4v) is 2.13. The highest BCUT2D eigenvalue weighted by molar-refractivity contribution is 6.35. The number of carbonyl (C=O) groups excluding carboxylic acids is 2. The van der Waals surface area contributed by atoms with Gasteiger partial charge in [0.15, 0.2) is 0 Å². The number of imide groups is 1. The van der Waals surface area contributed by atoms with Crippen LogP contribution in [-0.2, 0) is 15.8 Å². The number of carbonyl (C=O) groups is 2. The molecule has 2 aromatic rings. The first-order valence-electron chi connectivity index (χ1n) is 5.62. The fourth-order valence-electron chi connectivity index (χ4n) is 2.13. The third-order valence-corrected chi connectivity index (χ3v) is 3.06. The molecule has 2 amide bonds. The second-order valence-corrected chi connectivity index (χ2v) is 4.34. The molecule has 0 saturated carbocycles. The maximum Gasteiger partial charge on any atom is 0.416 e. The molecule has 2 heterocycles.